The first-order valence-corrected chi connectivity index (χ1v) is 7.59. The summed E-state index contributed by atoms with van der Waals surface area (Å²) in [6, 6.07) is 5.35. The molecule has 3 rings (SSSR count). The molecule has 9 heteroatoms. The fourth-order valence-electron chi connectivity index (χ4n) is 2.79. The number of carboxylic acid groups (broad SMARTS) is 1. The molecule has 2 heterocycles. The molecular formula is C17H15N3O6. The Kier molecular flexibility index (Phi) is 4.44. The predicted octanol–water partition coefficient (Wildman–Crippen LogP) is 1.23. The number of hydrogen-bond acceptors (Lipinski definition) is 6. The molecule has 0 amide bonds. The van der Waals surface area contributed by atoms with Crippen LogP contribution in [0.25, 0.3) is 11.3 Å². The number of aromatic hydroxyl groups is 1. The number of benzene rings is 1. The Morgan fingerprint density at radius 2 is 2.12 bits per heavy atom. The molecule has 0 aromatic heterocycles. The molecule has 1 unspecified atom stereocenters. The SMILES string of the molecule is COC(=O)c1cn(C(CC(=O)O)c2cccc(O)c2)cc2c(=O)[nH]nc1-2. The van der Waals surface area contributed by atoms with E-state index in [1.165, 1.54) is 36.2 Å². The van der Waals surface area contributed by atoms with Gasteiger partial charge >= 0.3 is 11.9 Å². The molecule has 9 nitrogen and oxygen atoms in total. The van der Waals surface area contributed by atoms with Crippen LogP contribution in [0.5, 0.6) is 5.75 Å². The van der Waals surface area contributed by atoms with Crippen LogP contribution in [0, 0.1) is 0 Å². The van der Waals surface area contributed by atoms with Crippen LogP contribution in [-0.2, 0) is 9.53 Å². The first kappa shape index (κ1) is 17.2. The number of carbonyl (C=O) groups excluding carboxylic acids is 1. The number of ether oxygens (including phenoxy) is 1. The van der Waals surface area contributed by atoms with Crippen molar-refractivity contribution < 1.29 is 24.5 Å². The number of phenols is 1. The van der Waals surface area contributed by atoms with Crippen LogP contribution in [0.15, 0.2) is 41.5 Å². The number of aromatic amines is 1. The van der Waals surface area contributed by atoms with Crippen molar-refractivity contribution in [2.24, 2.45) is 0 Å². The number of methoxy groups -OCH3 is 1. The van der Waals surface area contributed by atoms with Gasteiger partial charge < -0.3 is 19.5 Å². The van der Waals surface area contributed by atoms with Gasteiger partial charge in [0.25, 0.3) is 5.56 Å². The van der Waals surface area contributed by atoms with Gasteiger partial charge in [0.1, 0.15) is 17.0 Å². The average molecular weight is 357 g/mol. The highest BCUT2D eigenvalue weighted by atomic mass is 16.5. The van der Waals surface area contributed by atoms with Gasteiger partial charge in [0.15, 0.2) is 0 Å². The monoisotopic (exact) mass is 357 g/mol. The van der Waals surface area contributed by atoms with Gasteiger partial charge in [0.05, 0.1) is 25.1 Å². The van der Waals surface area contributed by atoms with E-state index >= 15 is 0 Å². The van der Waals surface area contributed by atoms with E-state index < -0.39 is 23.5 Å². The van der Waals surface area contributed by atoms with Crippen molar-refractivity contribution >= 4 is 11.9 Å². The van der Waals surface area contributed by atoms with E-state index in [0.717, 1.165) is 0 Å². The van der Waals surface area contributed by atoms with E-state index in [0.29, 0.717) is 5.56 Å². The molecule has 0 saturated heterocycles. The smallest absolute Gasteiger partial charge is 0.341 e. The zero-order valence-corrected chi connectivity index (χ0v) is 13.7. The number of phenolic OH excluding ortho intramolecular Hbond substituents is 1. The van der Waals surface area contributed by atoms with Crippen LogP contribution in [0.3, 0.4) is 0 Å². The molecule has 0 fully saturated rings. The minimum absolute atomic E-state index is 0.0268. The predicted molar refractivity (Wildman–Crippen MR) is 89.3 cm³/mol. The molecule has 2 aliphatic rings. The Hall–Kier alpha value is -3.62. The van der Waals surface area contributed by atoms with Gasteiger partial charge in [0.2, 0.25) is 0 Å². The Morgan fingerprint density at radius 3 is 2.77 bits per heavy atom. The lowest BCUT2D eigenvalue weighted by Crippen LogP contribution is -2.19. The lowest BCUT2D eigenvalue weighted by atomic mass is 10.0. The highest BCUT2D eigenvalue weighted by Crippen LogP contribution is 2.29. The number of rotatable bonds is 5. The standard InChI is InChI=1S/C17H15N3O6/c1-26-17(25)12-8-20(7-11-15(12)18-19-16(11)24)13(6-14(22)23)9-3-2-4-10(21)5-9/h2-5,7-8,13,21H,6H2,1H3,(H,19,24)(H,22,23). The summed E-state index contributed by atoms with van der Waals surface area (Å²) in [5.74, 6) is -1.82. The fraction of sp³-hybridized carbons (Fsp3) is 0.176. The molecular weight excluding hydrogens is 342 g/mol. The van der Waals surface area contributed by atoms with Gasteiger partial charge in [-0.2, -0.15) is 5.10 Å². The second-order valence-electron chi connectivity index (χ2n) is 5.63. The molecule has 1 aromatic rings. The molecule has 2 aliphatic heterocycles. The normalized spacial score (nSPS) is 12.0. The van der Waals surface area contributed by atoms with Gasteiger partial charge in [-0.1, -0.05) is 12.1 Å². The number of carbonyl (C=O) groups is 2. The molecule has 0 aliphatic carbocycles. The van der Waals surface area contributed by atoms with Crippen molar-refractivity contribution in [3.63, 3.8) is 0 Å². The van der Waals surface area contributed by atoms with Crippen LogP contribution in [-0.4, -0.2) is 44.0 Å². The number of nitrogens with zero attached hydrogens (tertiary/aromatic N) is 2. The Morgan fingerprint density at radius 1 is 1.35 bits per heavy atom. The van der Waals surface area contributed by atoms with Crippen molar-refractivity contribution in [3.05, 3.63) is 58.1 Å². The van der Waals surface area contributed by atoms with Crippen LogP contribution >= 0.6 is 0 Å². The minimum atomic E-state index is -1.08. The summed E-state index contributed by atoms with van der Waals surface area (Å²) < 4.78 is 6.17. The average Bonchev–Trinajstić information content (AvgIpc) is 2.99. The number of hydrogen-bond donors (Lipinski definition) is 3. The van der Waals surface area contributed by atoms with Crippen LogP contribution in [0.1, 0.15) is 28.4 Å². The largest absolute Gasteiger partial charge is 0.508 e. The summed E-state index contributed by atoms with van der Waals surface area (Å²) in [6.07, 6.45) is 2.48. The Balaban J connectivity index is 2.23. The molecule has 0 bridgehead atoms. The van der Waals surface area contributed by atoms with Crippen molar-refractivity contribution in [1.82, 2.24) is 14.8 Å². The third-order valence-electron chi connectivity index (χ3n) is 3.97. The zero-order valence-electron chi connectivity index (χ0n) is 13.7. The third kappa shape index (κ3) is 3.14. The van der Waals surface area contributed by atoms with E-state index in [1.54, 1.807) is 12.1 Å². The lowest BCUT2D eigenvalue weighted by Gasteiger charge is -2.21. The fourth-order valence-corrected chi connectivity index (χ4v) is 2.79. The molecule has 1 atom stereocenters. The first-order valence-electron chi connectivity index (χ1n) is 7.59. The highest BCUT2D eigenvalue weighted by Gasteiger charge is 2.25. The minimum Gasteiger partial charge on any atom is -0.508 e. The van der Waals surface area contributed by atoms with Crippen LogP contribution in [0.2, 0.25) is 0 Å². The number of aliphatic carboxylic acids is 1. The summed E-state index contributed by atoms with van der Waals surface area (Å²) in [4.78, 5) is 35.4. The Labute approximate surface area is 146 Å². The van der Waals surface area contributed by atoms with E-state index in [2.05, 4.69) is 10.2 Å². The lowest BCUT2D eigenvalue weighted by molar-refractivity contribution is -0.137. The summed E-state index contributed by atoms with van der Waals surface area (Å²) in [7, 11) is 1.19. The van der Waals surface area contributed by atoms with Crippen molar-refractivity contribution in [1.29, 1.82) is 0 Å². The Bertz CT molecular complexity index is 1010. The molecule has 134 valence electrons. The third-order valence-corrected chi connectivity index (χ3v) is 3.97. The van der Waals surface area contributed by atoms with Crippen molar-refractivity contribution in [2.45, 2.75) is 12.5 Å². The molecule has 0 spiro atoms. The summed E-state index contributed by atoms with van der Waals surface area (Å²) in [6.45, 7) is 0. The summed E-state index contributed by atoms with van der Waals surface area (Å²) in [5, 5.41) is 25.1. The first-order chi connectivity index (χ1) is 12.4. The molecule has 1 aromatic carbocycles. The number of nitrogens with one attached hydrogen (secondary N) is 1. The zero-order chi connectivity index (χ0) is 18.8. The van der Waals surface area contributed by atoms with Gasteiger partial charge in [-0.25, -0.2) is 9.89 Å². The van der Waals surface area contributed by atoms with Crippen molar-refractivity contribution in [3.8, 4) is 17.0 Å². The maximum atomic E-state index is 12.1. The van der Waals surface area contributed by atoms with Gasteiger partial charge in [0, 0.05) is 12.4 Å². The number of H-pyrrole nitrogens is 1. The molecule has 26 heavy (non-hydrogen) atoms. The maximum absolute atomic E-state index is 12.1. The van der Waals surface area contributed by atoms with E-state index in [-0.39, 0.29) is 29.0 Å². The van der Waals surface area contributed by atoms with Gasteiger partial charge in [-0.15, -0.1) is 0 Å². The summed E-state index contributed by atoms with van der Waals surface area (Å²) in [5.41, 5.74) is 0.290. The highest BCUT2D eigenvalue weighted by molar-refractivity contribution is 5.96. The topological polar surface area (TPSA) is 135 Å². The number of esters is 1. The maximum Gasteiger partial charge on any atom is 0.341 e. The summed E-state index contributed by atoms with van der Waals surface area (Å²) >= 11 is 0. The molecule has 3 N–H and O–H groups in total. The second kappa shape index (κ2) is 6.71. The quantitative estimate of drug-likeness (QED) is 0.585. The van der Waals surface area contributed by atoms with Crippen LogP contribution < -0.4 is 5.56 Å². The molecule has 0 radical (unpaired) electrons. The van der Waals surface area contributed by atoms with Gasteiger partial charge in [-0.05, 0) is 17.7 Å². The van der Waals surface area contributed by atoms with Gasteiger partial charge in [-0.3, -0.25) is 9.59 Å². The van der Waals surface area contributed by atoms with E-state index in [1.807, 2.05) is 0 Å². The molecule has 0 saturated carbocycles. The number of pyridine rings is 1. The number of carboxylic acids is 1. The van der Waals surface area contributed by atoms with Crippen molar-refractivity contribution in [2.75, 3.05) is 7.11 Å². The number of fused-ring (bicyclic) bond motifs is 1. The number of aromatic nitrogens is 3. The van der Waals surface area contributed by atoms with E-state index in [9.17, 15) is 24.6 Å². The van der Waals surface area contributed by atoms with E-state index in [4.69, 9.17) is 4.74 Å². The second-order valence-corrected chi connectivity index (χ2v) is 5.63. The van der Waals surface area contributed by atoms with Crippen LogP contribution in [0.4, 0.5) is 0 Å².